The van der Waals surface area contributed by atoms with E-state index in [1.807, 2.05) is 36.4 Å². The number of benzene rings is 2. The third-order valence-electron chi connectivity index (χ3n) is 3.41. The second-order valence-electron chi connectivity index (χ2n) is 4.89. The summed E-state index contributed by atoms with van der Waals surface area (Å²) in [6, 6.07) is 15.7. The first-order valence-electron chi connectivity index (χ1n) is 6.84. The maximum absolute atomic E-state index is 12.3. The van der Waals surface area contributed by atoms with Crippen molar-refractivity contribution in [1.29, 1.82) is 0 Å². The Hall–Kier alpha value is -2.30. The Morgan fingerprint density at radius 2 is 1.95 bits per heavy atom. The Bertz CT molecular complexity index is 798. The molecule has 1 atom stereocenters. The summed E-state index contributed by atoms with van der Waals surface area (Å²) in [7, 11) is 0. The van der Waals surface area contributed by atoms with Gasteiger partial charge in [0.1, 0.15) is 0 Å². The summed E-state index contributed by atoms with van der Waals surface area (Å²) in [5, 5.41) is 13.5. The first-order valence-corrected chi connectivity index (χ1v) is 7.21. The number of nitrogens with one attached hydrogen (secondary N) is 1. The monoisotopic (exact) mass is 315 g/mol. The van der Waals surface area contributed by atoms with E-state index in [0.29, 0.717) is 10.6 Å². The summed E-state index contributed by atoms with van der Waals surface area (Å²) in [5.74, 6) is -0.229. The topological polar surface area (TPSA) is 62.5 Å². The molecule has 0 unspecified atom stereocenters. The Labute approximate surface area is 132 Å². The van der Waals surface area contributed by atoms with Crippen molar-refractivity contribution < 1.29 is 14.3 Å². The van der Waals surface area contributed by atoms with Gasteiger partial charge in [-0.3, -0.25) is 4.79 Å². The van der Waals surface area contributed by atoms with Crippen molar-refractivity contribution in [2.45, 2.75) is 6.04 Å². The highest BCUT2D eigenvalue weighted by molar-refractivity contribution is 6.34. The van der Waals surface area contributed by atoms with Crippen LogP contribution in [0.5, 0.6) is 0 Å². The summed E-state index contributed by atoms with van der Waals surface area (Å²) in [6.07, 6.45) is 0. The first kappa shape index (κ1) is 14.6. The predicted octanol–water partition coefficient (Wildman–Crippen LogP) is 3.55. The fourth-order valence-electron chi connectivity index (χ4n) is 2.29. The molecule has 1 aromatic heterocycles. The second kappa shape index (κ2) is 6.22. The van der Waals surface area contributed by atoms with Gasteiger partial charge >= 0.3 is 0 Å². The molecule has 0 aliphatic rings. The highest BCUT2D eigenvalue weighted by atomic mass is 35.5. The van der Waals surface area contributed by atoms with Crippen LogP contribution < -0.4 is 5.32 Å². The number of fused-ring (bicyclic) bond motifs is 1. The van der Waals surface area contributed by atoms with Gasteiger partial charge in [-0.1, -0.05) is 54.1 Å². The van der Waals surface area contributed by atoms with E-state index in [0.717, 1.165) is 10.9 Å². The molecule has 4 nitrogen and oxygen atoms in total. The van der Waals surface area contributed by atoms with Gasteiger partial charge in [-0.15, -0.1) is 0 Å². The highest BCUT2D eigenvalue weighted by Gasteiger charge is 2.18. The lowest BCUT2D eigenvalue weighted by atomic mass is 10.1. The first-order chi connectivity index (χ1) is 10.7. The summed E-state index contributed by atoms with van der Waals surface area (Å²) >= 11 is 6.04. The molecule has 0 radical (unpaired) electrons. The average Bonchev–Trinajstić information content (AvgIpc) is 2.99. The maximum atomic E-state index is 12.3. The fraction of sp³-hybridized carbons (Fsp3) is 0.118. The molecule has 0 saturated heterocycles. The maximum Gasteiger partial charge on any atom is 0.287 e. The zero-order valence-electron chi connectivity index (χ0n) is 11.6. The van der Waals surface area contributed by atoms with Crippen LogP contribution in [0.3, 0.4) is 0 Å². The van der Waals surface area contributed by atoms with Gasteiger partial charge in [-0.05, 0) is 17.7 Å². The summed E-state index contributed by atoms with van der Waals surface area (Å²) in [6.45, 7) is -0.198. The Balaban J connectivity index is 1.85. The normalized spacial score (nSPS) is 12.3. The van der Waals surface area contributed by atoms with Gasteiger partial charge in [0.15, 0.2) is 11.3 Å². The van der Waals surface area contributed by atoms with Crippen LogP contribution in [-0.2, 0) is 0 Å². The Morgan fingerprint density at radius 3 is 2.64 bits per heavy atom. The molecule has 0 bridgehead atoms. The minimum Gasteiger partial charge on any atom is -0.449 e. The van der Waals surface area contributed by atoms with Gasteiger partial charge < -0.3 is 14.8 Å². The van der Waals surface area contributed by atoms with Crippen molar-refractivity contribution in [2.75, 3.05) is 6.61 Å². The molecule has 2 aromatic carbocycles. The van der Waals surface area contributed by atoms with E-state index in [1.54, 1.807) is 18.2 Å². The molecule has 2 N–H and O–H groups in total. The number of rotatable bonds is 4. The van der Waals surface area contributed by atoms with Crippen LogP contribution in [0.15, 0.2) is 59.0 Å². The van der Waals surface area contributed by atoms with Crippen LogP contribution in [0.2, 0.25) is 5.02 Å². The molecule has 3 aromatic rings. The molecule has 0 aliphatic heterocycles. The van der Waals surface area contributed by atoms with E-state index in [1.165, 1.54) is 0 Å². The number of hydrogen-bond acceptors (Lipinski definition) is 3. The van der Waals surface area contributed by atoms with Crippen LogP contribution in [0.4, 0.5) is 0 Å². The third kappa shape index (κ3) is 2.84. The number of aliphatic hydroxyl groups excluding tert-OH is 1. The van der Waals surface area contributed by atoms with E-state index in [-0.39, 0.29) is 12.4 Å². The van der Waals surface area contributed by atoms with Gasteiger partial charge in [-0.2, -0.15) is 0 Å². The van der Waals surface area contributed by atoms with Gasteiger partial charge in [0.2, 0.25) is 0 Å². The standard InChI is InChI=1S/C17H14ClNO3/c18-13-8-4-7-12-9-15(22-16(12)13)17(21)19-14(10-20)11-5-2-1-3-6-11/h1-9,14,20H,10H2,(H,19,21)/t14-/m1/s1. The van der Waals surface area contributed by atoms with Crippen molar-refractivity contribution in [3.05, 3.63) is 70.9 Å². The molecule has 0 fully saturated rings. The average molecular weight is 316 g/mol. The number of carbonyl (C=O) groups is 1. The zero-order valence-corrected chi connectivity index (χ0v) is 12.4. The Kier molecular flexibility index (Phi) is 4.13. The van der Waals surface area contributed by atoms with E-state index in [9.17, 15) is 9.90 Å². The van der Waals surface area contributed by atoms with Gasteiger partial charge in [0, 0.05) is 5.39 Å². The molecule has 0 aliphatic carbocycles. The van der Waals surface area contributed by atoms with E-state index in [2.05, 4.69) is 5.32 Å². The largest absolute Gasteiger partial charge is 0.449 e. The number of aliphatic hydroxyl groups is 1. The van der Waals surface area contributed by atoms with E-state index in [4.69, 9.17) is 16.0 Å². The molecule has 1 heterocycles. The lowest BCUT2D eigenvalue weighted by Gasteiger charge is -2.15. The number of hydrogen-bond donors (Lipinski definition) is 2. The van der Waals surface area contributed by atoms with Crippen LogP contribution in [0.25, 0.3) is 11.0 Å². The molecule has 0 saturated carbocycles. The third-order valence-corrected chi connectivity index (χ3v) is 3.71. The molecular weight excluding hydrogens is 302 g/mol. The van der Waals surface area contributed by atoms with Crippen LogP contribution in [-0.4, -0.2) is 17.6 Å². The van der Waals surface area contributed by atoms with Crippen molar-refractivity contribution >= 4 is 28.5 Å². The molecular formula is C17H14ClNO3. The zero-order chi connectivity index (χ0) is 15.5. The quantitative estimate of drug-likeness (QED) is 0.774. The lowest BCUT2D eigenvalue weighted by molar-refractivity contribution is 0.0890. The smallest absolute Gasteiger partial charge is 0.287 e. The van der Waals surface area contributed by atoms with Crippen molar-refractivity contribution in [3.63, 3.8) is 0 Å². The minimum absolute atomic E-state index is 0.164. The van der Waals surface area contributed by atoms with Crippen molar-refractivity contribution in [3.8, 4) is 0 Å². The van der Waals surface area contributed by atoms with Crippen LogP contribution >= 0.6 is 11.6 Å². The van der Waals surface area contributed by atoms with Gasteiger partial charge in [0.05, 0.1) is 17.7 Å². The fourth-order valence-corrected chi connectivity index (χ4v) is 2.51. The molecule has 0 spiro atoms. The number of para-hydroxylation sites is 1. The van der Waals surface area contributed by atoms with Crippen LogP contribution in [0, 0.1) is 0 Å². The summed E-state index contributed by atoms with van der Waals surface area (Å²) in [4.78, 5) is 12.3. The van der Waals surface area contributed by atoms with Gasteiger partial charge in [-0.25, -0.2) is 0 Å². The number of halogens is 1. The predicted molar refractivity (Wildman–Crippen MR) is 85.0 cm³/mol. The summed E-state index contributed by atoms with van der Waals surface area (Å²) < 4.78 is 5.52. The number of amides is 1. The second-order valence-corrected chi connectivity index (χ2v) is 5.30. The minimum atomic E-state index is -0.489. The van der Waals surface area contributed by atoms with Crippen molar-refractivity contribution in [2.24, 2.45) is 0 Å². The molecule has 3 rings (SSSR count). The van der Waals surface area contributed by atoms with Crippen molar-refractivity contribution in [1.82, 2.24) is 5.32 Å². The van der Waals surface area contributed by atoms with Gasteiger partial charge in [0.25, 0.3) is 5.91 Å². The highest BCUT2D eigenvalue weighted by Crippen LogP contribution is 2.26. The molecule has 22 heavy (non-hydrogen) atoms. The van der Waals surface area contributed by atoms with E-state index < -0.39 is 11.9 Å². The Morgan fingerprint density at radius 1 is 1.18 bits per heavy atom. The van der Waals surface area contributed by atoms with Crippen LogP contribution in [0.1, 0.15) is 22.2 Å². The molecule has 5 heteroatoms. The summed E-state index contributed by atoms with van der Waals surface area (Å²) in [5.41, 5.74) is 1.31. The molecule has 1 amide bonds. The SMILES string of the molecule is O=C(N[C@H](CO)c1ccccc1)c1cc2cccc(Cl)c2o1. The molecule has 112 valence electrons. The number of carbonyl (C=O) groups excluding carboxylic acids is 1. The van der Waals surface area contributed by atoms with E-state index >= 15 is 0 Å². The number of furan rings is 1. The lowest BCUT2D eigenvalue weighted by Crippen LogP contribution is -2.30.